The summed E-state index contributed by atoms with van der Waals surface area (Å²) in [4.78, 5) is 10.1. The minimum Gasteiger partial charge on any atom is -0.328 e. The number of thiophene rings is 1. The summed E-state index contributed by atoms with van der Waals surface area (Å²) >= 11 is 6.44. The predicted octanol–water partition coefficient (Wildman–Crippen LogP) is 2.20. The van der Waals surface area contributed by atoms with Crippen LogP contribution in [-0.4, -0.2) is 36.8 Å². The van der Waals surface area contributed by atoms with Gasteiger partial charge in [0.2, 0.25) is 0 Å². The monoisotopic (exact) mass is 353 g/mol. The van der Waals surface area contributed by atoms with Crippen LogP contribution in [0.2, 0.25) is 4.34 Å². The second-order valence-electron chi connectivity index (χ2n) is 5.07. The molecular weight excluding hydrogens is 338 g/mol. The van der Waals surface area contributed by atoms with Crippen LogP contribution in [0.15, 0.2) is 10.3 Å². The quantitative estimate of drug-likeness (QED) is 0.659. The van der Waals surface area contributed by atoms with Crippen LogP contribution in [0, 0.1) is 10.1 Å². The summed E-state index contributed by atoms with van der Waals surface area (Å²) in [5, 5.41) is 10.8. The molecule has 2 N–H and O–H groups in total. The molecule has 1 heterocycles. The van der Waals surface area contributed by atoms with Crippen LogP contribution in [0.4, 0.5) is 5.69 Å². The SMILES string of the molecule is CN(C1CCC(N)CC1)S(=O)(=O)c1cc([N+](=O)[O-])c(Cl)s1. The lowest BCUT2D eigenvalue weighted by Gasteiger charge is -2.32. The van der Waals surface area contributed by atoms with Gasteiger partial charge in [0.25, 0.3) is 15.7 Å². The second kappa shape index (κ2) is 6.17. The van der Waals surface area contributed by atoms with Gasteiger partial charge in [-0.25, -0.2) is 8.42 Å². The van der Waals surface area contributed by atoms with Crippen molar-refractivity contribution in [3.05, 3.63) is 20.5 Å². The lowest BCUT2D eigenvalue weighted by molar-refractivity contribution is -0.384. The Morgan fingerprint density at radius 1 is 1.43 bits per heavy atom. The Kier molecular flexibility index (Phi) is 4.89. The Morgan fingerprint density at radius 3 is 2.48 bits per heavy atom. The first kappa shape index (κ1) is 16.6. The van der Waals surface area contributed by atoms with E-state index in [0.29, 0.717) is 24.2 Å². The molecule has 0 saturated heterocycles. The molecule has 0 aliphatic heterocycles. The Hall–Kier alpha value is -0.740. The first-order valence-corrected chi connectivity index (χ1v) is 9.04. The van der Waals surface area contributed by atoms with Gasteiger partial charge < -0.3 is 5.73 Å². The zero-order chi connectivity index (χ0) is 15.8. The van der Waals surface area contributed by atoms with Crippen LogP contribution in [-0.2, 0) is 10.0 Å². The molecule has 10 heteroatoms. The fourth-order valence-electron chi connectivity index (χ4n) is 2.39. The average Bonchev–Trinajstić information content (AvgIpc) is 2.82. The number of halogens is 1. The molecule has 1 aromatic rings. The Morgan fingerprint density at radius 2 is 2.00 bits per heavy atom. The summed E-state index contributed by atoms with van der Waals surface area (Å²) in [5.41, 5.74) is 5.44. The Bertz CT molecular complexity index is 638. The highest BCUT2D eigenvalue weighted by atomic mass is 35.5. The number of sulfonamides is 1. The first-order chi connectivity index (χ1) is 9.73. The topological polar surface area (TPSA) is 107 Å². The summed E-state index contributed by atoms with van der Waals surface area (Å²) in [7, 11) is -2.27. The van der Waals surface area contributed by atoms with Crippen molar-refractivity contribution in [2.24, 2.45) is 5.73 Å². The molecule has 21 heavy (non-hydrogen) atoms. The summed E-state index contributed by atoms with van der Waals surface area (Å²) in [6, 6.07) is 1.01. The molecule has 7 nitrogen and oxygen atoms in total. The van der Waals surface area contributed by atoms with Gasteiger partial charge in [-0.15, -0.1) is 11.3 Å². The molecule has 0 radical (unpaired) electrons. The van der Waals surface area contributed by atoms with Gasteiger partial charge in [-0.1, -0.05) is 11.6 Å². The molecule has 0 bridgehead atoms. The van der Waals surface area contributed by atoms with E-state index in [0.717, 1.165) is 18.9 Å². The van der Waals surface area contributed by atoms with E-state index in [9.17, 15) is 18.5 Å². The standard InChI is InChI=1S/C11H16ClN3O4S2/c1-14(8-4-2-7(13)3-5-8)21(18,19)10-6-9(15(16)17)11(12)20-10/h6-8H,2-5,13H2,1H3. The molecule has 118 valence electrons. The number of nitro groups is 1. The van der Waals surface area contributed by atoms with Crippen LogP contribution < -0.4 is 5.73 Å². The van der Waals surface area contributed by atoms with Crippen molar-refractivity contribution in [3.63, 3.8) is 0 Å². The minimum absolute atomic E-state index is 0.100. The maximum atomic E-state index is 12.5. The van der Waals surface area contributed by atoms with E-state index >= 15 is 0 Å². The molecule has 2 rings (SSSR count). The maximum Gasteiger partial charge on any atom is 0.300 e. The van der Waals surface area contributed by atoms with E-state index < -0.39 is 14.9 Å². The Labute approximate surface area is 131 Å². The third-order valence-corrected chi connectivity index (χ3v) is 7.43. The molecule has 0 unspecified atom stereocenters. The van der Waals surface area contributed by atoms with Crippen LogP contribution >= 0.6 is 22.9 Å². The molecule has 0 aromatic carbocycles. The van der Waals surface area contributed by atoms with E-state index in [4.69, 9.17) is 17.3 Å². The predicted molar refractivity (Wildman–Crippen MR) is 81.2 cm³/mol. The molecular formula is C11H16ClN3O4S2. The molecule has 1 fully saturated rings. The smallest absolute Gasteiger partial charge is 0.300 e. The molecule has 1 saturated carbocycles. The highest BCUT2D eigenvalue weighted by Crippen LogP contribution is 2.38. The number of hydrogen-bond donors (Lipinski definition) is 1. The number of nitrogens with two attached hydrogens (primary N) is 1. The number of rotatable bonds is 4. The summed E-state index contributed by atoms with van der Waals surface area (Å²) in [5.74, 6) is 0. The summed E-state index contributed by atoms with van der Waals surface area (Å²) < 4.78 is 26.1. The molecule has 1 aromatic heterocycles. The third-order valence-electron chi connectivity index (χ3n) is 3.73. The average molecular weight is 354 g/mol. The zero-order valence-electron chi connectivity index (χ0n) is 11.4. The van der Waals surface area contributed by atoms with Crippen molar-refractivity contribution in [3.8, 4) is 0 Å². The summed E-state index contributed by atoms with van der Waals surface area (Å²) in [6.07, 6.45) is 2.93. The highest BCUT2D eigenvalue weighted by molar-refractivity contribution is 7.91. The molecule has 0 atom stereocenters. The normalized spacial score (nSPS) is 23.4. The van der Waals surface area contributed by atoms with Crippen molar-refractivity contribution in [2.75, 3.05) is 7.05 Å². The number of hydrogen-bond acceptors (Lipinski definition) is 6. The fourth-order valence-corrected chi connectivity index (χ4v) is 5.66. The molecule has 1 aliphatic rings. The van der Waals surface area contributed by atoms with Crippen molar-refractivity contribution < 1.29 is 13.3 Å². The van der Waals surface area contributed by atoms with Crippen molar-refractivity contribution >= 4 is 38.6 Å². The van der Waals surface area contributed by atoms with Crippen LogP contribution in [0.3, 0.4) is 0 Å². The van der Waals surface area contributed by atoms with Gasteiger partial charge >= 0.3 is 0 Å². The lowest BCUT2D eigenvalue weighted by Crippen LogP contribution is -2.41. The minimum atomic E-state index is -3.77. The number of nitrogens with zero attached hydrogens (tertiary/aromatic N) is 2. The second-order valence-corrected chi connectivity index (χ2v) is 8.95. The Balaban J connectivity index is 2.25. The van der Waals surface area contributed by atoms with Gasteiger partial charge in [0, 0.05) is 25.2 Å². The van der Waals surface area contributed by atoms with Gasteiger partial charge in [0.05, 0.1) is 4.92 Å². The molecule has 0 spiro atoms. The molecule has 1 aliphatic carbocycles. The van der Waals surface area contributed by atoms with E-state index in [1.807, 2.05) is 0 Å². The largest absolute Gasteiger partial charge is 0.328 e. The van der Waals surface area contributed by atoms with Crippen molar-refractivity contribution in [2.45, 2.75) is 42.0 Å². The lowest BCUT2D eigenvalue weighted by atomic mass is 9.92. The third kappa shape index (κ3) is 3.37. The van der Waals surface area contributed by atoms with Gasteiger partial charge in [-0.2, -0.15) is 4.31 Å². The van der Waals surface area contributed by atoms with Crippen molar-refractivity contribution in [1.29, 1.82) is 0 Å². The van der Waals surface area contributed by atoms with E-state index in [1.54, 1.807) is 0 Å². The van der Waals surface area contributed by atoms with E-state index in [1.165, 1.54) is 11.4 Å². The fraction of sp³-hybridized carbons (Fsp3) is 0.636. The van der Waals surface area contributed by atoms with Gasteiger partial charge in [0.15, 0.2) is 4.34 Å². The molecule has 0 amide bonds. The van der Waals surface area contributed by atoms with E-state index in [-0.39, 0.29) is 26.3 Å². The van der Waals surface area contributed by atoms with Crippen molar-refractivity contribution in [1.82, 2.24) is 4.31 Å². The zero-order valence-corrected chi connectivity index (χ0v) is 13.7. The van der Waals surface area contributed by atoms with Gasteiger partial charge in [0.1, 0.15) is 4.21 Å². The van der Waals surface area contributed by atoms with Gasteiger partial charge in [-0.05, 0) is 25.7 Å². The van der Waals surface area contributed by atoms with Crippen LogP contribution in [0.1, 0.15) is 25.7 Å². The first-order valence-electron chi connectivity index (χ1n) is 6.41. The van der Waals surface area contributed by atoms with Gasteiger partial charge in [-0.3, -0.25) is 10.1 Å². The summed E-state index contributed by atoms with van der Waals surface area (Å²) in [6.45, 7) is 0. The maximum absolute atomic E-state index is 12.5. The highest BCUT2D eigenvalue weighted by Gasteiger charge is 2.33. The van der Waals surface area contributed by atoms with Crippen LogP contribution in [0.25, 0.3) is 0 Å². The van der Waals surface area contributed by atoms with E-state index in [2.05, 4.69) is 0 Å². The van der Waals surface area contributed by atoms with Crippen LogP contribution in [0.5, 0.6) is 0 Å².